The van der Waals surface area contributed by atoms with E-state index in [0.717, 1.165) is 16.9 Å². The van der Waals surface area contributed by atoms with Gasteiger partial charge < -0.3 is 4.90 Å². The lowest BCUT2D eigenvalue weighted by Crippen LogP contribution is -2.49. The van der Waals surface area contributed by atoms with Crippen LogP contribution in [-0.2, 0) is 10.0 Å². The highest BCUT2D eigenvalue weighted by Gasteiger charge is 2.29. The van der Waals surface area contributed by atoms with Crippen molar-refractivity contribution in [3.63, 3.8) is 0 Å². The van der Waals surface area contributed by atoms with Crippen LogP contribution in [0.4, 0.5) is 5.82 Å². The second-order valence-electron chi connectivity index (χ2n) is 6.96. The van der Waals surface area contributed by atoms with Crippen molar-refractivity contribution in [3.05, 3.63) is 71.2 Å². The van der Waals surface area contributed by atoms with Gasteiger partial charge in [-0.3, -0.25) is 0 Å². The summed E-state index contributed by atoms with van der Waals surface area (Å²) in [6.45, 7) is 3.87. The minimum absolute atomic E-state index is 0.334. The molecule has 0 N–H and O–H groups in total. The Morgan fingerprint density at radius 2 is 1.55 bits per heavy atom. The first kappa shape index (κ1) is 19.8. The fourth-order valence-corrected chi connectivity index (χ4v) is 4.98. The summed E-state index contributed by atoms with van der Waals surface area (Å²) in [6, 6.07) is 18.3. The molecule has 0 saturated carbocycles. The van der Waals surface area contributed by atoms with Crippen LogP contribution in [0.15, 0.2) is 65.6 Å². The van der Waals surface area contributed by atoms with Crippen LogP contribution in [0.5, 0.6) is 0 Å². The second-order valence-corrected chi connectivity index (χ2v) is 9.31. The molecule has 8 heteroatoms. The fraction of sp³-hybridized carbons (Fsp3) is 0.238. The molecule has 0 bridgehead atoms. The largest absolute Gasteiger partial charge is 0.352 e. The van der Waals surface area contributed by atoms with Crippen LogP contribution in [0.25, 0.3) is 11.3 Å². The highest BCUT2D eigenvalue weighted by molar-refractivity contribution is 7.89. The SMILES string of the molecule is Cc1ccc(S(=O)(=O)N2CCN(c3ccc(-c4ccccc4Cl)nn3)CC2)cc1. The molecule has 150 valence electrons. The van der Waals surface area contributed by atoms with Crippen molar-refractivity contribution >= 4 is 27.4 Å². The number of halogens is 1. The second kappa shape index (κ2) is 8.10. The summed E-state index contributed by atoms with van der Waals surface area (Å²) in [4.78, 5) is 2.38. The number of hydrogen-bond donors (Lipinski definition) is 0. The Bertz CT molecular complexity index is 1090. The van der Waals surface area contributed by atoms with Crippen molar-refractivity contribution in [3.8, 4) is 11.3 Å². The van der Waals surface area contributed by atoms with Gasteiger partial charge in [-0.05, 0) is 37.3 Å². The van der Waals surface area contributed by atoms with Gasteiger partial charge in [0.25, 0.3) is 0 Å². The molecule has 0 radical (unpaired) electrons. The molecule has 0 unspecified atom stereocenters. The molecule has 1 aromatic heterocycles. The van der Waals surface area contributed by atoms with E-state index in [2.05, 4.69) is 10.2 Å². The van der Waals surface area contributed by atoms with E-state index in [1.165, 1.54) is 4.31 Å². The number of piperazine rings is 1. The van der Waals surface area contributed by atoms with Crippen molar-refractivity contribution in [2.45, 2.75) is 11.8 Å². The first-order valence-corrected chi connectivity index (χ1v) is 11.2. The molecule has 0 atom stereocenters. The third-order valence-electron chi connectivity index (χ3n) is 5.02. The van der Waals surface area contributed by atoms with E-state index in [1.54, 1.807) is 12.1 Å². The Hall–Kier alpha value is -2.48. The van der Waals surface area contributed by atoms with Crippen molar-refractivity contribution in [1.82, 2.24) is 14.5 Å². The van der Waals surface area contributed by atoms with E-state index in [-0.39, 0.29) is 0 Å². The van der Waals surface area contributed by atoms with E-state index < -0.39 is 10.0 Å². The number of benzene rings is 2. The summed E-state index contributed by atoms with van der Waals surface area (Å²) in [6.07, 6.45) is 0. The highest BCUT2D eigenvalue weighted by atomic mass is 35.5. The number of rotatable bonds is 4. The minimum Gasteiger partial charge on any atom is -0.352 e. The van der Waals surface area contributed by atoms with Crippen LogP contribution in [-0.4, -0.2) is 49.1 Å². The van der Waals surface area contributed by atoms with Crippen molar-refractivity contribution < 1.29 is 8.42 Å². The smallest absolute Gasteiger partial charge is 0.243 e. The lowest BCUT2D eigenvalue weighted by Gasteiger charge is -2.34. The van der Waals surface area contributed by atoms with Gasteiger partial charge in [-0.1, -0.05) is 47.5 Å². The van der Waals surface area contributed by atoms with E-state index in [9.17, 15) is 8.42 Å². The molecule has 0 amide bonds. The van der Waals surface area contributed by atoms with E-state index in [0.29, 0.717) is 41.8 Å². The van der Waals surface area contributed by atoms with Crippen molar-refractivity contribution in [2.75, 3.05) is 31.1 Å². The predicted octanol–water partition coefficient (Wildman–Crippen LogP) is 3.62. The van der Waals surface area contributed by atoms with Crippen LogP contribution in [0.1, 0.15) is 5.56 Å². The van der Waals surface area contributed by atoms with Gasteiger partial charge in [-0.15, -0.1) is 10.2 Å². The molecule has 1 aliphatic rings. The molecule has 3 aromatic rings. The molecule has 1 aliphatic heterocycles. The summed E-state index contributed by atoms with van der Waals surface area (Å²) in [7, 11) is -3.48. The van der Waals surface area contributed by atoms with E-state index >= 15 is 0 Å². The van der Waals surface area contributed by atoms with Gasteiger partial charge >= 0.3 is 0 Å². The molecule has 2 aromatic carbocycles. The molecule has 1 fully saturated rings. The lowest BCUT2D eigenvalue weighted by atomic mass is 10.1. The van der Waals surface area contributed by atoms with E-state index in [1.807, 2.05) is 60.4 Å². The maximum absolute atomic E-state index is 12.8. The Balaban J connectivity index is 1.44. The number of hydrogen-bond acceptors (Lipinski definition) is 5. The summed E-state index contributed by atoms with van der Waals surface area (Å²) < 4.78 is 27.2. The molecular formula is C21H21ClN4O2S. The maximum Gasteiger partial charge on any atom is 0.243 e. The van der Waals surface area contributed by atoms with E-state index in [4.69, 9.17) is 11.6 Å². The zero-order chi connectivity index (χ0) is 20.4. The number of aromatic nitrogens is 2. The quantitative estimate of drug-likeness (QED) is 0.635. The van der Waals surface area contributed by atoms with Gasteiger partial charge in [0.2, 0.25) is 10.0 Å². The molecule has 2 heterocycles. The molecular weight excluding hydrogens is 408 g/mol. The molecule has 4 rings (SSSR count). The Morgan fingerprint density at radius 1 is 0.862 bits per heavy atom. The maximum atomic E-state index is 12.8. The summed E-state index contributed by atoms with van der Waals surface area (Å²) in [5, 5.41) is 9.25. The summed E-state index contributed by atoms with van der Waals surface area (Å²) in [5.41, 5.74) is 2.58. The van der Waals surface area contributed by atoms with Crippen molar-refractivity contribution in [1.29, 1.82) is 0 Å². The first-order chi connectivity index (χ1) is 13.9. The Morgan fingerprint density at radius 3 is 2.17 bits per heavy atom. The monoisotopic (exact) mass is 428 g/mol. The highest BCUT2D eigenvalue weighted by Crippen LogP contribution is 2.26. The predicted molar refractivity (Wildman–Crippen MR) is 115 cm³/mol. The van der Waals surface area contributed by atoms with Gasteiger partial charge in [-0.2, -0.15) is 4.31 Å². The van der Waals surface area contributed by atoms with Gasteiger partial charge in [0, 0.05) is 31.7 Å². The average molecular weight is 429 g/mol. The number of nitrogens with zero attached hydrogens (tertiary/aromatic N) is 4. The molecule has 29 heavy (non-hydrogen) atoms. The normalized spacial score (nSPS) is 15.4. The van der Waals surface area contributed by atoms with Gasteiger partial charge in [-0.25, -0.2) is 8.42 Å². The standard InChI is InChI=1S/C21H21ClN4O2S/c1-16-6-8-17(9-7-16)29(27,28)26-14-12-25(13-15-26)21-11-10-20(23-24-21)18-4-2-3-5-19(18)22/h2-11H,12-15H2,1H3. The third kappa shape index (κ3) is 4.12. The van der Waals surface area contributed by atoms with Crippen LogP contribution in [0.3, 0.4) is 0 Å². The molecule has 1 saturated heterocycles. The van der Waals surface area contributed by atoms with Crippen LogP contribution < -0.4 is 4.90 Å². The van der Waals surface area contributed by atoms with Gasteiger partial charge in [0.1, 0.15) is 0 Å². The van der Waals surface area contributed by atoms with Crippen LogP contribution in [0, 0.1) is 6.92 Å². The molecule has 0 spiro atoms. The summed E-state index contributed by atoms with van der Waals surface area (Å²) in [5.74, 6) is 0.730. The average Bonchev–Trinajstić information content (AvgIpc) is 2.75. The fourth-order valence-electron chi connectivity index (χ4n) is 3.32. The number of sulfonamides is 1. The first-order valence-electron chi connectivity index (χ1n) is 9.35. The van der Waals surface area contributed by atoms with Crippen molar-refractivity contribution in [2.24, 2.45) is 0 Å². The molecule has 6 nitrogen and oxygen atoms in total. The van der Waals surface area contributed by atoms with Gasteiger partial charge in [0.15, 0.2) is 5.82 Å². The minimum atomic E-state index is -3.48. The zero-order valence-electron chi connectivity index (χ0n) is 16.0. The van der Waals surface area contributed by atoms with Gasteiger partial charge in [0.05, 0.1) is 15.6 Å². The number of aryl methyl sites for hydroxylation is 1. The van der Waals surface area contributed by atoms with Crippen LogP contribution >= 0.6 is 11.6 Å². The Labute approximate surface area is 175 Å². The number of anilines is 1. The topological polar surface area (TPSA) is 66.4 Å². The van der Waals surface area contributed by atoms with Crippen LogP contribution in [0.2, 0.25) is 5.02 Å². The summed E-state index contributed by atoms with van der Waals surface area (Å²) >= 11 is 6.22. The molecule has 0 aliphatic carbocycles. The Kier molecular flexibility index (Phi) is 5.54. The third-order valence-corrected chi connectivity index (χ3v) is 7.26. The zero-order valence-corrected chi connectivity index (χ0v) is 17.6. The lowest BCUT2D eigenvalue weighted by molar-refractivity contribution is 0.383.